The fourth-order valence-corrected chi connectivity index (χ4v) is 3.00. The van der Waals surface area contributed by atoms with Crippen LogP contribution in [-0.4, -0.2) is 34.7 Å². The predicted octanol–water partition coefficient (Wildman–Crippen LogP) is 1.84. The van der Waals surface area contributed by atoms with Crippen molar-refractivity contribution in [2.75, 3.05) is 13.1 Å². The third-order valence-corrected chi connectivity index (χ3v) is 4.71. The monoisotopic (exact) mass is 370 g/mol. The summed E-state index contributed by atoms with van der Waals surface area (Å²) >= 11 is 0. The molecule has 1 fully saturated rings. The molecule has 1 aromatic carbocycles. The lowest BCUT2D eigenvalue weighted by Gasteiger charge is -2.11. The summed E-state index contributed by atoms with van der Waals surface area (Å²) in [5, 5.41) is 11.0. The van der Waals surface area contributed by atoms with Gasteiger partial charge < -0.3 is 10.6 Å². The molecule has 27 heavy (non-hydrogen) atoms. The molecular weight excluding hydrogens is 344 g/mol. The lowest BCUT2D eigenvalue weighted by Crippen LogP contribution is -2.36. The maximum atomic E-state index is 12.6. The van der Waals surface area contributed by atoms with Crippen LogP contribution < -0.4 is 16.2 Å². The first kappa shape index (κ1) is 19.1. The van der Waals surface area contributed by atoms with Gasteiger partial charge in [-0.25, -0.2) is 4.68 Å². The number of carbonyl (C=O) groups is 2. The first-order valence-corrected chi connectivity index (χ1v) is 9.67. The molecule has 1 aliphatic rings. The largest absolute Gasteiger partial charge is 0.354 e. The molecule has 1 aliphatic carbocycles. The predicted molar refractivity (Wildman–Crippen MR) is 104 cm³/mol. The number of hydrogen-bond donors (Lipinski definition) is 2. The third kappa shape index (κ3) is 4.72. The minimum Gasteiger partial charge on any atom is -0.354 e. The minimum absolute atomic E-state index is 0.0531. The summed E-state index contributed by atoms with van der Waals surface area (Å²) < 4.78 is 1.39. The fourth-order valence-electron chi connectivity index (χ4n) is 3.00. The van der Waals surface area contributed by atoms with E-state index in [0.29, 0.717) is 30.4 Å². The van der Waals surface area contributed by atoms with Crippen LogP contribution in [0, 0.1) is 5.92 Å². The van der Waals surface area contributed by atoms with Crippen molar-refractivity contribution in [3.05, 3.63) is 40.3 Å². The number of aromatic nitrogens is 2. The van der Waals surface area contributed by atoms with Crippen LogP contribution in [0.15, 0.2) is 29.1 Å². The molecule has 3 rings (SSSR count). The Morgan fingerprint density at radius 1 is 1.11 bits per heavy atom. The Bertz CT molecular complexity index is 886. The second kappa shape index (κ2) is 8.79. The van der Waals surface area contributed by atoms with Crippen molar-refractivity contribution in [3.63, 3.8) is 0 Å². The number of rotatable bonds is 9. The summed E-state index contributed by atoms with van der Waals surface area (Å²) in [7, 11) is 0. The molecule has 2 N–H and O–H groups in total. The van der Waals surface area contributed by atoms with E-state index in [1.54, 1.807) is 24.3 Å². The Kier molecular flexibility index (Phi) is 6.21. The highest BCUT2D eigenvalue weighted by molar-refractivity contribution is 6.04. The second-order valence-corrected chi connectivity index (χ2v) is 6.95. The summed E-state index contributed by atoms with van der Waals surface area (Å²) in [4.78, 5) is 36.9. The van der Waals surface area contributed by atoms with Crippen molar-refractivity contribution >= 4 is 22.6 Å². The van der Waals surface area contributed by atoms with Crippen LogP contribution in [0.3, 0.4) is 0 Å². The number of aryl methyl sites for hydroxylation is 1. The van der Waals surface area contributed by atoms with Gasteiger partial charge in [-0.2, -0.15) is 5.10 Å². The Labute approximate surface area is 158 Å². The van der Waals surface area contributed by atoms with Crippen LogP contribution in [0.2, 0.25) is 0 Å². The van der Waals surface area contributed by atoms with Gasteiger partial charge in [-0.05, 0) is 25.3 Å². The molecule has 7 nitrogen and oxygen atoms in total. The van der Waals surface area contributed by atoms with Gasteiger partial charge in [0.05, 0.1) is 5.39 Å². The summed E-state index contributed by atoms with van der Waals surface area (Å²) in [6.07, 6.45) is 4.79. The van der Waals surface area contributed by atoms with E-state index in [4.69, 9.17) is 0 Å². The molecular formula is C20H26N4O3. The van der Waals surface area contributed by atoms with Gasteiger partial charge in [-0.1, -0.05) is 38.0 Å². The molecule has 1 saturated carbocycles. The number of amides is 2. The van der Waals surface area contributed by atoms with Crippen LogP contribution in [0.5, 0.6) is 0 Å². The maximum Gasteiger partial charge on any atom is 0.274 e. The molecule has 2 amide bonds. The number of hydrogen-bond acceptors (Lipinski definition) is 4. The van der Waals surface area contributed by atoms with Gasteiger partial charge in [-0.3, -0.25) is 14.4 Å². The summed E-state index contributed by atoms with van der Waals surface area (Å²) in [5.41, 5.74) is 0.0742. The maximum absolute atomic E-state index is 12.6. The van der Waals surface area contributed by atoms with Crippen LogP contribution in [0.4, 0.5) is 0 Å². The average Bonchev–Trinajstić information content (AvgIpc) is 3.52. The summed E-state index contributed by atoms with van der Waals surface area (Å²) in [6, 6.07) is 7.04. The van der Waals surface area contributed by atoms with Gasteiger partial charge in [0.25, 0.3) is 11.5 Å². The van der Waals surface area contributed by atoms with E-state index in [1.165, 1.54) is 4.68 Å². The number of fused-ring (bicyclic) bond motifs is 1. The van der Waals surface area contributed by atoms with Gasteiger partial charge in [0.15, 0.2) is 5.69 Å². The quantitative estimate of drug-likeness (QED) is 0.659. The standard InChI is InChI=1S/C20H26N4O3/c1-2-3-6-13-24-20(27)16-8-5-4-7-15(16)17(23-24)19(26)22-12-11-21-18(25)14-9-10-14/h4-5,7-8,14H,2-3,6,9-13H2,1H3,(H,21,25)(H,22,26). The molecule has 2 aromatic rings. The fraction of sp³-hybridized carbons (Fsp3) is 0.500. The molecule has 1 heterocycles. The third-order valence-electron chi connectivity index (χ3n) is 4.71. The molecule has 0 unspecified atom stereocenters. The first-order valence-electron chi connectivity index (χ1n) is 9.67. The van der Waals surface area contributed by atoms with Crippen molar-refractivity contribution in [1.82, 2.24) is 20.4 Å². The highest BCUT2D eigenvalue weighted by Gasteiger charge is 2.29. The zero-order valence-corrected chi connectivity index (χ0v) is 15.7. The van der Waals surface area contributed by atoms with Crippen LogP contribution >= 0.6 is 0 Å². The average molecular weight is 370 g/mol. The van der Waals surface area contributed by atoms with Gasteiger partial charge in [0.2, 0.25) is 5.91 Å². The van der Waals surface area contributed by atoms with Gasteiger partial charge in [-0.15, -0.1) is 0 Å². The Hall–Kier alpha value is -2.70. The van der Waals surface area contributed by atoms with Crippen molar-refractivity contribution in [2.45, 2.75) is 45.6 Å². The van der Waals surface area contributed by atoms with Crippen LogP contribution in [0.25, 0.3) is 10.8 Å². The minimum atomic E-state index is -0.337. The first-order chi connectivity index (χ1) is 13.1. The molecule has 0 bridgehead atoms. The van der Waals surface area contributed by atoms with E-state index < -0.39 is 0 Å². The topological polar surface area (TPSA) is 93.1 Å². The Morgan fingerprint density at radius 2 is 1.81 bits per heavy atom. The van der Waals surface area contributed by atoms with E-state index in [9.17, 15) is 14.4 Å². The Balaban J connectivity index is 1.72. The van der Waals surface area contributed by atoms with E-state index in [0.717, 1.165) is 32.1 Å². The number of benzene rings is 1. The number of unbranched alkanes of at least 4 members (excludes halogenated alkanes) is 2. The van der Waals surface area contributed by atoms with Crippen molar-refractivity contribution in [3.8, 4) is 0 Å². The smallest absolute Gasteiger partial charge is 0.274 e. The van der Waals surface area contributed by atoms with Gasteiger partial charge in [0.1, 0.15) is 0 Å². The summed E-state index contributed by atoms with van der Waals surface area (Å²) in [6.45, 7) is 3.30. The number of carbonyl (C=O) groups excluding carboxylic acids is 2. The summed E-state index contributed by atoms with van der Waals surface area (Å²) in [5.74, 6) is -0.133. The van der Waals surface area contributed by atoms with E-state index in [-0.39, 0.29) is 29.0 Å². The van der Waals surface area contributed by atoms with Crippen molar-refractivity contribution in [1.29, 1.82) is 0 Å². The lowest BCUT2D eigenvalue weighted by molar-refractivity contribution is -0.122. The lowest BCUT2D eigenvalue weighted by atomic mass is 10.1. The highest BCUT2D eigenvalue weighted by atomic mass is 16.2. The van der Waals surface area contributed by atoms with Crippen molar-refractivity contribution < 1.29 is 9.59 Å². The van der Waals surface area contributed by atoms with E-state index in [1.807, 2.05) is 0 Å². The molecule has 0 atom stereocenters. The van der Waals surface area contributed by atoms with Gasteiger partial charge >= 0.3 is 0 Å². The zero-order valence-electron chi connectivity index (χ0n) is 15.7. The second-order valence-electron chi connectivity index (χ2n) is 6.95. The van der Waals surface area contributed by atoms with E-state index >= 15 is 0 Å². The number of nitrogens with zero attached hydrogens (tertiary/aromatic N) is 2. The van der Waals surface area contributed by atoms with Crippen LogP contribution in [0.1, 0.15) is 49.5 Å². The molecule has 0 saturated heterocycles. The van der Waals surface area contributed by atoms with Crippen LogP contribution in [-0.2, 0) is 11.3 Å². The molecule has 7 heteroatoms. The van der Waals surface area contributed by atoms with Gasteiger partial charge in [0, 0.05) is 30.9 Å². The van der Waals surface area contributed by atoms with Crippen molar-refractivity contribution in [2.24, 2.45) is 5.92 Å². The zero-order chi connectivity index (χ0) is 19.2. The van der Waals surface area contributed by atoms with E-state index in [2.05, 4.69) is 22.7 Å². The Morgan fingerprint density at radius 3 is 2.52 bits per heavy atom. The molecule has 144 valence electrons. The molecule has 0 radical (unpaired) electrons. The highest BCUT2D eigenvalue weighted by Crippen LogP contribution is 2.28. The molecule has 0 spiro atoms. The number of nitrogens with one attached hydrogen (secondary N) is 2. The normalized spacial score (nSPS) is 13.5. The molecule has 1 aromatic heterocycles. The molecule has 0 aliphatic heterocycles. The SMILES string of the molecule is CCCCCn1nc(C(=O)NCCNC(=O)C2CC2)c2ccccc2c1=O.